The Morgan fingerprint density at radius 2 is 1.84 bits per heavy atom. The second kappa shape index (κ2) is 12.3. The van der Waals surface area contributed by atoms with Gasteiger partial charge in [0.25, 0.3) is 5.91 Å². The van der Waals surface area contributed by atoms with E-state index in [1.807, 2.05) is 68.4 Å². The van der Waals surface area contributed by atoms with Crippen LogP contribution in [0.3, 0.4) is 0 Å². The maximum absolute atomic E-state index is 14.0. The maximum atomic E-state index is 14.0. The van der Waals surface area contributed by atoms with E-state index in [9.17, 15) is 4.79 Å². The summed E-state index contributed by atoms with van der Waals surface area (Å²) in [6.07, 6.45) is -0.0233. The van der Waals surface area contributed by atoms with Gasteiger partial charge >= 0.3 is 0 Å². The van der Waals surface area contributed by atoms with Crippen LogP contribution in [0.15, 0.2) is 89.0 Å². The van der Waals surface area contributed by atoms with Crippen molar-refractivity contribution in [1.82, 2.24) is 5.32 Å². The van der Waals surface area contributed by atoms with Gasteiger partial charge in [0.1, 0.15) is 5.75 Å². The molecule has 0 saturated heterocycles. The normalized spacial score (nSPS) is 18.3. The standard InChI is InChI=1S/C29H31N5O4/c1-20(2)31-28(36)29(19-23-11-6-7-12-25(23)33-34-30)26(21-9-4-3-5-10-21)38-27(32-29)22-13-15-24(16-14-22)37-18-8-17-35/h3-7,9-16,20,26,35H,8,17-19H2,1-2H3,(H,31,36)/t26-,29-/m1/s1. The molecule has 1 aliphatic rings. The zero-order valence-corrected chi connectivity index (χ0v) is 21.4. The number of hydrogen-bond donors (Lipinski definition) is 2. The maximum Gasteiger partial charge on any atom is 0.252 e. The third kappa shape index (κ3) is 5.96. The minimum Gasteiger partial charge on any atom is -0.494 e. The molecule has 0 radical (unpaired) electrons. The van der Waals surface area contributed by atoms with Gasteiger partial charge in [-0.3, -0.25) is 4.79 Å². The van der Waals surface area contributed by atoms with Crippen LogP contribution in [-0.2, 0) is 16.0 Å². The van der Waals surface area contributed by atoms with Gasteiger partial charge in [-0.15, -0.1) is 0 Å². The first kappa shape index (κ1) is 26.7. The van der Waals surface area contributed by atoms with Gasteiger partial charge in [0, 0.05) is 41.7 Å². The SMILES string of the molecule is CC(C)NC(=O)[C@]1(Cc2ccccc2N=[N+]=[N-])N=C(c2ccc(OCCCO)cc2)O[C@@H]1c1ccccc1. The number of ether oxygens (including phenoxy) is 2. The van der Waals surface area contributed by atoms with Crippen LogP contribution in [0.4, 0.5) is 5.69 Å². The predicted octanol–water partition coefficient (Wildman–Crippen LogP) is 5.41. The highest BCUT2D eigenvalue weighted by atomic mass is 16.5. The number of aliphatic imine (C=N–C) groups is 1. The summed E-state index contributed by atoms with van der Waals surface area (Å²) >= 11 is 0. The summed E-state index contributed by atoms with van der Waals surface area (Å²) in [7, 11) is 0. The van der Waals surface area contributed by atoms with Crippen molar-refractivity contribution in [3.8, 4) is 5.75 Å². The van der Waals surface area contributed by atoms with E-state index in [0.717, 1.165) is 5.56 Å². The molecule has 196 valence electrons. The molecule has 0 bridgehead atoms. The van der Waals surface area contributed by atoms with Crippen molar-refractivity contribution in [3.05, 3.63) is 106 Å². The fourth-order valence-electron chi connectivity index (χ4n) is 4.39. The molecule has 0 unspecified atom stereocenters. The van der Waals surface area contributed by atoms with E-state index in [1.165, 1.54) is 0 Å². The summed E-state index contributed by atoms with van der Waals surface area (Å²) in [5.41, 5.74) is 10.4. The van der Waals surface area contributed by atoms with Gasteiger partial charge in [-0.25, -0.2) is 4.99 Å². The lowest BCUT2D eigenvalue weighted by Gasteiger charge is -2.32. The Balaban J connectivity index is 1.81. The number of hydrogen-bond acceptors (Lipinski definition) is 6. The second-order valence-corrected chi connectivity index (χ2v) is 9.32. The van der Waals surface area contributed by atoms with Gasteiger partial charge in [-0.1, -0.05) is 59.7 Å². The van der Waals surface area contributed by atoms with E-state index < -0.39 is 11.6 Å². The van der Waals surface area contributed by atoms with Crippen molar-refractivity contribution >= 4 is 17.5 Å². The van der Waals surface area contributed by atoms with Gasteiger partial charge in [-0.2, -0.15) is 0 Å². The highest BCUT2D eigenvalue weighted by molar-refractivity contribution is 6.01. The molecule has 2 atom stereocenters. The minimum absolute atomic E-state index is 0.0624. The molecule has 0 spiro atoms. The first-order chi connectivity index (χ1) is 18.5. The fourth-order valence-corrected chi connectivity index (χ4v) is 4.39. The smallest absolute Gasteiger partial charge is 0.252 e. The number of carbonyl (C=O) groups is 1. The van der Waals surface area contributed by atoms with Crippen molar-refractivity contribution in [1.29, 1.82) is 0 Å². The van der Waals surface area contributed by atoms with Crippen LogP contribution in [0.25, 0.3) is 10.4 Å². The Morgan fingerprint density at radius 3 is 2.53 bits per heavy atom. The van der Waals surface area contributed by atoms with Gasteiger partial charge in [0.05, 0.1) is 6.61 Å². The molecule has 1 aliphatic heterocycles. The fraction of sp³-hybridized carbons (Fsp3) is 0.310. The summed E-state index contributed by atoms with van der Waals surface area (Å²) in [4.78, 5) is 21.9. The average molecular weight is 514 g/mol. The van der Waals surface area contributed by atoms with Crippen LogP contribution in [-0.4, -0.2) is 41.7 Å². The summed E-state index contributed by atoms with van der Waals surface area (Å²) < 4.78 is 12.1. The van der Waals surface area contributed by atoms with Crippen LogP contribution >= 0.6 is 0 Å². The Morgan fingerprint density at radius 1 is 1.13 bits per heavy atom. The molecule has 2 N–H and O–H groups in total. The number of nitrogens with zero attached hydrogens (tertiary/aromatic N) is 4. The molecule has 0 saturated carbocycles. The molecule has 0 aromatic heterocycles. The molecule has 4 rings (SSSR count). The first-order valence-electron chi connectivity index (χ1n) is 12.6. The van der Waals surface area contributed by atoms with E-state index >= 15 is 0 Å². The number of azide groups is 1. The van der Waals surface area contributed by atoms with Gasteiger partial charge in [0.2, 0.25) is 5.90 Å². The number of aliphatic hydroxyl groups is 1. The predicted molar refractivity (Wildman–Crippen MR) is 145 cm³/mol. The van der Waals surface area contributed by atoms with Gasteiger partial charge in [-0.05, 0) is 54.8 Å². The monoisotopic (exact) mass is 513 g/mol. The topological polar surface area (TPSA) is 129 Å². The molecular formula is C29H31N5O4. The third-order valence-electron chi connectivity index (χ3n) is 6.16. The molecule has 38 heavy (non-hydrogen) atoms. The minimum atomic E-state index is -1.36. The van der Waals surface area contributed by atoms with Crippen molar-refractivity contribution in [2.75, 3.05) is 13.2 Å². The van der Waals surface area contributed by atoms with Crippen LogP contribution in [0.1, 0.15) is 43.1 Å². The van der Waals surface area contributed by atoms with E-state index in [0.29, 0.717) is 41.5 Å². The highest BCUT2D eigenvalue weighted by Gasteiger charge is 2.53. The lowest BCUT2D eigenvalue weighted by Crippen LogP contribution is -2.51. The Kier molecular flexibility index (Phi) is 8.63. The number of benzene rings is 3. The zero-order valence-electron chi connectivity index (χ0n) is 21.4. The van der Waals surface area contributed by atoms with Crippen molar-refractivity contribution < 1.29 is 19.4 Å². The number of carbonyl (C=O) groups excluding carboxylic acids is 1. The van der Waals surface area contributed by atoms with E-state index in [-0.39, 0.29) is 25.0 Å². The van der Waals surface area contributed by atoms with E-state index in [4.69, 9.17) is 25.1 Å². The van der Waals surface area contributed by atoms with Crippen molar-refractivity contribution in [2.45, 2.75) is 44.4 Å². The quantitative estimate of drug-likeness (QED) is 0.154. The highest BCUT2D eigenvalue weighted by Crippen LogP contribution is 2.43. The largest absolute Gasteiger partial charge is 0.494 e. The lowest BCUT2D eigenvalue weighted by molar-refractivity contribution is -0.129. The summed E-state index contributed by atoms with van der Waals surface area (Å²) in [6, 6.07) is 23.9. The van der Waals surface area contributed by atoms with Crippen LogP contribution in [0, 0.1) is 0 Å². The van der Waals surface area contributed by atoms with Crippen LogP contribution < -0.4 is 10.1 Å². The van der Waals surface area contributed by atoms with Gasteiger partial charge < -0.3 is 19.9 Å². The molecule has 0 aliphatic carbocycles. The summed E-state index contributed by atoms with van der Waals surface area (Å²) in [5, 5.41) is 15.9. The molecule has 3 aromatic carbocycles. The molecule has 1 heterocycles. The Labute approximate surface area is 221 Å². The van der Waals surface area contributed by atoms with Crippen LogP contribution in [0.2, 0.25) is 0 Å². The number of nitrogens with one attached hydrogen (secondary N) is 1. The molecule has 3 aromatic rings. The molecule has 9 nitrogen and oxygen atoms in total. The zero-order chi connectivity index (χ0) is 27.0. The van der Waals surface area contributed by atoms with Gasteiger partial charge in [0.15, 0.2) is 11.6 Å². The molecule has 0 fully saturated rings. The molecule has 1 amide bonds. The number of rotatable bonds is 11. The van der Waals surface area contributed by atoms with Crippen LogP contribution in [0.5, 0.6) is 5.75 Å². The Bertz CT molecular complexity index is 1320. The number of aliphatic hydroxyl groups excluding tert-OH is 1. The first-order valence-corrected chi connectivity index (χ1v) is 12.6. The molecular weight excluding hydrogens is 482 g/mol. The van der Waals surface area contributed by atoms with Crippen molar-refractivity contribution in [2.24, 2.45) is 10.1 Å². The van der Waals surface area contributed by atoms with E-state index in [2.05, 4.69) is 15.3 Å². The lowest BCUT2D eigenvalue weighted by atomic mass is 9.81. The van der Waals surface area contributed by atoms with Crippen molar-refractivity contribution in [3.63, 3.8) is 0 Å². The summed E-state index contributed by atoms with van der Waals surface area (Å²) in [6.45, 7) is 4.26. The number of amides is 1. The molecule has 9 heteroatoms. The Hall–Kier alpha value is -4.33. The second-order valence-electron chi connectivity index (χ2n) is 9.32. The van der Waals surface area contributed by atoms with E-state index in [1.54, 1.807) is 24.3 Å². The third-order valence-corrected chi connectivity index (χ3v) is 6.16. The summed E-state index contributed by atoms with van der Waals surface area (Å²) in [5.74, 6) is 0.712. The average Bonchev–Trinajstić information content (AvgIpc) is 3.31.